The van der Waals surface area contributed by atoms with Crippen LogP contribution in [-0.4, -0.2) is 55.7 Å². The first-order valence-electron chi connectivity index (χ1n) is 11.8. The molecule has 1 aliphatic rings. The second kappa shape index (κ2) is 10.3. The summed E-state index contributed by atoms with van der Waals surface area (Å²) in [6.45, 7) is 5.19. The number of aromatic nitrogens is 5. The van der Waals surface area contributed by atoms with Gasteiger partial charge in [0.2, 0.25) is 0 Å². The molecule has 0 unspecified atom stereocenters. The largest absolute Gasteiger partial charge is 0.462 e. The summed E-state index contributed by atoms with van der Waals surface area (Å²) in [5.74, 6) is -0.786. The lowest BCUT2D eigenvalue weighted by Crippen LogP contribution is -2.33. The van der Waals surface area contributed by atoms with Crippen LogP contribution in [0.1, 0.15) is 39.2 Å². The van der Waals surface area contributed by atoms with E-state index in [1.54, 1.807) is 36.0 Å². The summed E-state index contributed by atoms with van der Waals surface area (Å²) < 4.78 is 35.3. The normalized spacial score (nSPS) is 15.3. The van der Waals surface area contributed by atoms with Crippen LogP contribution in [0.3, 0.4) is 0 Å². The number of halogens is 2. The van der Waals surface area contributed by atoms with Crippen LogP contribution in [0, 0.1) is 11.6 Å². The lowest BCUT2D eigenvalue weighted by molar-refractivity contribution is 0.177. The first-order valence-corrected chi connectivity index (χ1v) is 11.8. The van der Waals surface area contributed by atoms with Crippen molar-refractivity contribution >= 4 is 11.5 Å². The minimum Gasteiger partial charge on any atom is -0.462 e. The van der Waals surface area contributed by atoms with Gasteiger partial charge in [-0.3, -0.25) is 4.90 Å². The fraction of sp³-hybridized carbons (Fsp3) is 0.360. The third kappa shape index (κ3) is 5.37. The maximum absolute atomic E-state index is 14.3. The Morgan fingerprint density at radius 1 is 1.14 bits per heavy atom. The molecule has 0 bridgehead atoms. The molecule has 1 aromatic carbocycles. The Kier molecular flexibility index (Phi) is 6.80. The number of nitrogens with zero attached hydrogens (tertiary/aromatic N) is 6. The summed E-state index contributed by atoms with van der Waals surface area (Å²) in [5, 5.41) is 7.54. The van der Waals surface area contributed by atoms with Crippen molar-refractivity contribution < 1.29 is 14.9 Å². The lowest BCUT2D eigenvalue weighted by Gasteiger charge is -2.26. The van der Waals surface area contributed by atoms with Gasteiger partial charge >= 0.3 is 6.01 Å². The lowest BCUT2D eigenvalue weighted by atomic mass is 10.1. The van der Waals surface area contributed by atoms with Gasteiger partial charge in [0.25, 0.3) is 0 Å². The number of benzene rings is 1. The molecule has 4 heterocycles. The van der Waals surface area contributed by atoms with E-state index in [-0.39, 0.29) is 7.44 Å². The highest BCUT2D eigenvalue weighted by Gasteiger charge is 2.17. The first-order chi connectivity index (χ1) is 17.1. The van der Waals surface area contributed by atoms with E-state index in [1.165, 1.54) is 31.4 Å². The topological polar surface area (TPSA) is 80.5 Å². The third-order valence-electron chi connectivity index (χ3n) is 6.14. The first kappa shape index (κ1) is 23.1. The van der Waals surface area contributed by atoms with Crippen LogP contribution in [0.25, 0.3) is 16.9 Å². The van der Waals surface area contributed by atoms with Crippen molar-refractivity contribution in [2.24, 2.45) is 0 Å². The number of ether oxygens (including phenoxy) is 1. The Hall–Kier alpha value is -3.66. The van der Waals surface area contributed by atoms with Crippen LogP contribution in [-0.2, 0) is 0 Å². The van der Waals surface area contributed by atoms with Crippen LogP contribution >= 0.6 is 0 Å². The molecule has 184 valence electrons. The van der Waals surface area contributed by atoms with Gasteiger partial charge in [0.05, 0.1) is 23.5 Å². The molecule has 4 aromatic rings. The zero-order chi connectivity index (χ0) is 24.2. The SMILES string of the molecule is C[C@H](Nc1cc(-c2cnn3cccnc23)nc(OCCN2CCCCC2)n1)c1ccc(F)cc1F.[HH]. The number of fused-ring (bicyclic) bond motifs is 1. The summed E-state index contributed by atoms with van der Waals surface area (Å²) in [5.41, 5.74) is 2.28. The van der Waals surface area contributed by atoms with E-state index in [4.69, 9.17) is 4.74 Å². The molecular weight excluding hydrogens is 452 g/mol. The zero-order valence-corrected chi connectivity index (χ0v) is 19.5. The number of likely N-dealkylation sites (tertiary alicyclic amines) is 1. The summed E-state index contributed by atoms with van der Waals surface area (Å²) in [6, 6.07) is 6.83. The van der Waals surface area contributed by atoms with Crippen LogP contribution in [0.2, 0.25) is 0 Å². The number of hydrogen-bond donors (Lipinski definition) is 1. The summed E-state index contributed by atoms with van der Waals surface area (Å²) in [6.07, 6.45) is 8.88. The Labute approximate surface area is 203 Å². The molecular formula is C25H29F2N7O. The highest BCUT2D eigenvalue weighted by molar-refractivity contribution is 5.75. The maximum Gasteiger partial charge on any atom is 0.318 e. The van der Waals surface area contributed by atoms with Crippen molar-refractivity contribution in [3.8, 4) is 17.3 Å². The molecule has 1 fully saturated rings. The molecule has 0 radical (unpaired) electrons. The van der Waals surface area contributed by atoms with E-state index in [0.29, 0.717) is 29.3 Å². The molecule has 10 heteroatoms. The van der Waals surface area contributed by atoms with E-state index >= 15 is 0 Å². The highest BCUT2D eigenvalue weighted by atomic mass is 19.1. The van der Waals surface area contributed by atoms with E-state index in [1.807, 2.05) is 6.20 Å². The van der Waals surface area contributed by atoms with Crippen molar-refractivity contribution in [3.63, 3.8) is 0 Å². The minimum atomic E-state index is -0.621. The van der Waals surface area contributed by atoms with Crippen LogP contribution in [0.15, 0.2) is 48.9 Å². The molecule has 0 aliphatic carbocycles. The third-order valence-corrected chi connectivity index (χ3v) is 6.14. The maximum atomic E-state index is 14.3. The highest BCUT2D eigenvalue weighted by Crippen LogP contribution is 2.28. The fourth-order valence-electron chi connectivity index (χ4n) is 4.31. The number of piperidine rings is 1. The Morgan fingerprint density at radius 2 is 2.00 bits per heavy atom. The zero-order valence-electron chi connectivity index (χ0n) is 19.5. The second-order valence-corrected chi connectivity index (χ2v) is 8.65. The predicted octanol–water partition coefficient (Wildman–Crippen LogP) is 4.75. The van der Waals surface area contributed by atoms with Gasteiger partial charge in [-0.1, -0.05) is 12.5 Å². The quantitative estimate of drug-likeness (QED) is 0.389. The Balaban J connectivity index is 0.00000304. The van der Waals surface area contributed by atoms with Gasteiger partial charge < -0.3 is 10.1 Å². The van der Waals surface area contributed by atoms with Gasteiger partial charge in [-0.25, -0.2) is 18.3 Å². The van der Waals surface area contributed by atoms with Crippen LogP contribution < -0.4 is 10.1 Å². The molecule has 1 atom stereocenters. The molecule has 0 amide bonds. The molecule has 0 saturated carbocycles. The van der Waals surface area contributed by atoms with Crippen molar-refractivity contribution in [2.45, 2.75) is 32.2 Å². The van der Waals surface area contributed by atoms with Crippen molar-refractivity contribution in [2.75, 3.05) is 31.6 Å². The molecule has 0 spiro atoms. The van der Waals surface area contributed by atoms with Crippen molar-refractivity contribution in [1.29, 1.82) is 0 Å². The summed E-state index contributed by atoms with van der Waals surface area (Å²) in [7, 11) is 0. The fourth-order valence-corrected chi connectivity index (χ4v) is 4.31. The van der Waals surface area contributed by atoms with Crippen molar-refractivity contribution in [1.82, 2.24) is 29.5 Å². The van der Waals surface area contributed by atoms with E-state index in [0.717, 1.165) is 31.3 Å². The standard InChI is InChI=1S/C25H27F2N7O.H2/c1-17(19-7-6-18(26)14-21(19)27)30-23-15-22(20-16-29-34-11-5-8-28-24(20)34)31-25(32-23)35-13-12-33-9-3-2-4-10-33;/h5-8,11,14-17H,2-4,9-10,12-13H2,1H3,(H,30,31,32);1H/t17-;/m0./s1. The number of anilines is 1. The monoisotopic (exact) mass is 481 g/mol. The smallest absolute Gasteiger partial charge is 0.318 e. The van der Waals surface area contributed by atoms with E-state index in [2.05, 4.69) is 30.3 Å². The minimum absolute atomic E-state index is 0. The van der Waals surface area contributed by atoms with Crippen LogP contribution in [0.5, 0.6) is 6.01 Å². The molecule has 35 heavy (non-hydrogen) atoms. The van der Waals surface area contributed by atoms with Gasteiger partial charge in [0.15, 0.2) is 5.65 Å². The average molecular weight is 482 g/mol. The average Bonchev–Trinajstić information content (AvgIpc) is 3.29. The van der Waals surface area contributed by atoms with Gasteiger partial charge in [-0.05, 0) is 45.0 Å². The van der Waals surface area contributed by atoms with Gasteiger partial charge in [-0.2, -0.15) is 15.1 Å². The van der Waals surface area contributed by atoms with Gasteiger partial charge in [0, 0.05) is 38.1 Å². The van der Waals surface area contributed by atoms with E-state index < -0.39 is 17.7 Å². The van der Waals surface area contributed by atoms with Crippen molar-refractivity contribution in [3.05, 3.63) is 66.1 Å². The molecule has 3 aromatic heterocycles. The number of hydrogen-bond acceptors (Lipinski definition) is 7. The number of nitrogens with one attached hydrogen (secondary N) is 1. The molecule has 1 N–H and O–H groups in total. The molecule has 1 saturated heterocycles. The summed E-state index contributed by atoms with van der Waals surface area (Å²) >= 11 is 0. The molecule has 1 aliphatic heterocycles. The number of rotatable bonds is 8. The Morgan fingerprint density at radius 3 is 2.83 bits per heavy atom. The van der Waals surface area contributed by atoms with E-state index in [9.17, 15) is 8.78 Å². The Bertz CT molecular complexity index is 1310. The predicted molar refractivity (Wildman–Crippen MR) is 130 cm³/mol. The van der Waals surface area contributed by atoms with Gasteiger partial charge in [0.1, 0.15) is 24.1 Å². The van der Waals surface area contributed by atoms with Crippen LogP contribution in [0.4, 0.5) is 14.6 Å². The van der Waals surface area contributed by atoms with Gasteiger partial charge in [-0.15, -0.1) is 0 Å². The molecule has 5 rings (SSSR count). The summed E-state index contributed by atoms with van der Waals surface area (Å²) in [4.78, 5) is 15.9. The molecule has 8 nitrogen and oxygen atoms in total. The second-order valence-electron chi connectivity index (χ2n) is 8.65.